The van der Waals surface area contributed by atoms with Crippen LogP contribution >= 0.6 is 0 Å². The van der Waals surface area contributed by atoms with Gasteiger partial charge < -0.3 is 15.0 Å². The van der Waals surface area contributed by atoms with Crippen LogP contribution in [0.2, 0.25) is 0 Å². The van der Waals surface area contributed by atoms with E-state index >= 15 is 0 Å². The van der Waals surface area contributed by atoms with Crippen LogP contribution in [0, 0.1) is 23.4 Å². The fourth-order valence-electron chi connectivity index (χ4n) is 6.22. The molecule has 0 radical (unpaired) electrons. The number of urea groups is 1. The number of halogens is 3. The lowest BCUT2D eigenvalue weighted by Crippen LogP contribution is -2.55. The molecule has 3 aliphatic rings. The predicted octanol–water partition coefficient (Wildman–Crippen LogP) is 4.36. The van der Waals surface area contributed by atoms with Crippen LogP contribution in [0.5, 0.6) is 5.75 Å². The van der Waals surface area contributed by atoms with Crippen molar-refractivity contribution in [2.75, 3.05) is 13.1 Å². The Morgan fingerprint density at radius 1 is 0.875 bits per heavy atom. The molecule has 206 valence electrons. The zero-order valence-electron chi connectivity index (χ0n) is 21.3. The number of hydrogen-bond acceptors (Lipinski definition) is 4. The first-order chi connectivity index (χ1) is 19.2. The lowest BCUT2D eigenvalue weighted by Gasteiger charge is -2.41. The first kappa shape index (κ1) is 25.9. The van der Waals surface area contributed by atoms with Crippen molar-refractivity contribution in [2.24, 2.45) is 5.92 Å². The number of piperidine rings is 1. The molecule has 2 N–H and O–H groups in total. The SMILES string of the molecule is O=C1NC(=O)C2(CC(C(=O)N3CCC(C(c4ccc(F)cc4)c4ccc(F)cc4)CC3)Oc3ccc(F)cc32)N1. The van der Waals surface area contributed by atoms with E-state index in [9.17, 15) is 27.6 Å². The number of fused-ring (bicyclic) bond motifs is 2. The van der Waals surface area contributed by atoms with Gasteiger partial charge in [0.15, 0.2) is 11.6 Å². The maximum absolute atomic E-state index is 14.1. The van der Waals surface area contributed by atoms with Gasteiger partial charge in [-0.25, -0.2) is 18.0 Å². The summed E-state index contributed by atoms with van der Waals surface area (Å²) in [7, 11) is 0. The number of carbonyl (C=O) groups excluding carboxylic acids is 3. The lowest BCUT2D eigenvalue weighted by atomic mass is 9.76. The Hall–Kier alpha value is -4.34. The first-order valence-electron chi connectivity index (χ1n) is 13.1. The molecule has 7 nitrogen and oxygen atoms in total. The van der Waals surface area contributed by atoms with Crippen LogP contribution in [-0.4, -0.2) is 41.9 Å². The normalized spacial score (nSPS) is 22.6. The Labute approximate surface area is 228 Å². The molecule has 10 heteroatoms. The smallest absolute Gasteiger partial charge is 0.322 e. The quantitative estimate of drug-likeness (QED) is 0.474. The highest BCUT2D eigenvalue weighted by atomic mass is 19.1. The third kappa shape index (κ3) is 4.57. The van der Waals surface area contributed by atoms with E-state index in [0.717, 1.165) is 17.2 Å². The monoisotopic (exact) mass is 549 g/mol. The average molecular weight is 550 g/mol. The van der Waals surface area contributed by atoms with Crippen LogP contribution < -0.4 is 15.4 Å². The zero-order chi connectivity index (χ0) is 28.0. The Morgan fingerprint density at radius 3 is 2.00 bits per heavy atom. The minimum Gasteiger partial charge on any atom is -0.480 e. The maximum Gasteiger partial charge on any atom is 0.322 e. The second-order valence-corrected chi connectivity index (χ2v) is 10.5. The van der Waals surface area contributed by atoms with Crippen LogP contribution in [-0.2, 0) is 15.1 Å². The number of imide groups is 1. The Morgan fingerprint density at radius 2 is 1.45 bits per heavy atom. The number of hydrogen-bond donors (Lipinski definition) is 2. The summed E-state index contributed by atoms with van der Waals surface area (Å²) >= 11 is 0. The minimum atomic E-state index is -1.61. The van der Waals surface area contributed by atoms with E-state index < -0.39 is 29.4 Å². The van der Waals surface area contributed by atoms with E-state index in [2.05, 4.69) is 10.6 Å². The largest absolute Gasteiger partial charge is 0.480 e. The van der Waals surface area contributed by atoms with Gasteiger partial charge >= 0.3 is 6.03 Å². The minimum absolute atomic E-state index is 0.0992. The van der Waals surface area contributed by atoms with Crippen molar-refractivity contribution in [3.05, 3.63) is 101 Å². The molecule has 3 heterocycles. The lowest BCUT2D eigenvalue weighted by molar-refractivity contribution is -0.143. The summed E-state index contributed by atoms with van der Waals surface area (Å²) in [6.45, 7) is 0.814. The second-order valence-electron chi connectivity index (χ2n) is 10.5. The van der Waals surface area contributed by atoms with Gasteiger partial charge in [0.1, 0.15) is 23.2 Å². The van der Waals surface area contributed by atoms with Gasteiger partial charge in [-0.3, -0.25) is 14.9 Å². The molecule has 0 saturated carbocycles. The van der Waals surface area contributed by atoms with Gasteiger partial charge in [-0.05, 0) is 72.4 Å². The summed E-state index contributed by atoms with van der Waals surface area (Å²) in [5.41, 5.74) is 0.367. The number of amides is 4. The van der Waals surface area contributed by atoms with Crippen molar-refractivity contribution in [3.8, 4) is 5.75 Å². The molecule has 0 aromatic heterocycles. The molecule has 2 saturated heterocycles. The van der Waals surface area contributed by atoms with Gasteiger partial charge in [0.2, 0.25) is 0 Å². The molecule has 0 aliphatic carbocycles. The first-order valence-corrected chi connectivity index (χ1v) is 13.1. The van der Waals surface area contributed by atoms with Gasteiger partial charge in [0, 0.05) is 31.0 Å². The van der Waals surface area contributed by atoms with Crippen LogP contribution in [0.4, 0.5) is 18.0 Å². The number of nitrogens with zero attached hydrogens (tertiary/aromatic N) is 1. The van der Waals surface area contributed by atoms with Gasteiger partial charge in [-0.15, -0.1) is 0 Å². The van der Waals surface area contributed by atoms with Crippen molar-refractivity contribution in [3.63, 3.8) is 0 Å². The van der Waals surface area contributed by atoms with E-state index in [1.807, 2.05) is 0 Å². The van der Waals surface area contributed by atoms with Crippen molar-refractivity contribution >= 4 is 17.8 Å². The number of benzene rings is 3. The topological polar surface area (TPSA) is 87.7 Å². The van der Waals surface area contributed by atoms with E-state index in [-0.39, 0.29) is 47.1 Å². The molecule has 1 spiro atoms. The third-order valence-electron chi connectivity index (χ3n) is 8.16. The van der Waals surface area contributed by atoms with Gasteiger partial charge in [0.05, 0.1) is 0 Å². The van der Waals surface area contributed by atoms with Crippen molar-refractivity contribution < 1.29 is 32.3 Å². The van der Waals surface area contributed by atoms with Gasteiger partial charge in [-0.2, -0.15) is 0 Å². The average Bonchev–Trinajstić information content (AvgIpc) is 3.23. The number of ether oxygens (including phenoxy) is 1. The van der Waals surface area contributed by atoms with E-state index in [4.69, 9.17) is 4.74 Å². The number of nitrogens with one attached hydrogen (secondary N) is 2. The molecule has 3 aromatic rings. The summed E-state index contributed by atoms with van der Waals surface area (Å²) in [5.74, 6) is -2.14. The second kappa shape index (κ2) is 10.0. The summed E-state index contributed by atoms with van der Waals surface area (Å²) < 4.78 is 47.3. The number of rotatable bonds is 4. The third-order valence-corrected chi connectivity index (χ3v) is 8.16. The van der Waals surface area contributed by atoms with E-state index in [1.165, 1.54) is 36.4 Å². The Balaban J connectivity index is 1.22. The highest BCUT2D eigenvalue weighted by Crippen LogP contribution is 2.43. The molecule has 40 heavy (non-hydrogen) atoms. The molecule has 0 bridgehead atoms. The molecule has 2 fully saturated rings. The molecular weight excluding hydrogens is 523 g/mol. The molecule has 3 aromatic carbocycles. The van der Waals surface area contributed by atoms with Crippen molar-refractivity contribution in [2.45, 2.75) is 36.8 Å². The zero-order valence-corrected chi connectivity index (χ0v) is 21.3. The van der Waals surface area contributed by atoms with Crippen LogP contribution in [0.25, 0.3) is 0 Å². The molecular formula is C30H26F3N3O4. The van der Waals surface area contributed by atoms with E-state index in [0.29, 0.717) is 25.9 Å². The molecule has 2 atom stereocenters. The van der Waals surface area contributed by atoms with Gasteiger partial charge in [-0.1, -0.05) is 24.3 Å². The Kier molecular flexibility index (Phi) is 6.48. The van der Waals surface area contributed by atoms with Crippen LogP contribution in [0.3, 0.4) is 0 Å². The molecule has 3 aliphatic heterocycles. The molecule has 4 amide bonds. The summed E-state index contributed by atoms with van der Waals surface area (Å²) in [6, 6.07) is 15.5. The standard InChI is InChI=1S/C30H26F3N3O4/c31-20-5-1-17(2-6-20)26(18-3-7-21(32)8-4-18)19-11-13-36(14-12-19)27(37)25-16-30(28(38)34-29(39)35-30)23-15-22(33)9-10-24(23)40-25/h1-10,15,19,25-26H,11-14,16H2,(H2,34,35,38,39). The fourth-order valence-corrected chi connectivity index (χ4v) is 6.22. The fraction of sp³-hybridized carbons (Fsp3) is 0.300. The summed E-state index contributed by atoms with van der Waals surface area (Å²) in [4.78, 5) is 40.2. The molecule has 6 rings (SSSR count). The van der Waals surface area contributed by atoms with Gasteiger partial charge in [0.25, 0.3) is 11.8 Å². The van der Waals surface area contributed by atoms with E-state index in [1.54, 1.807) is 29.2 Å². The highest BCUT2D eigenvalue weighted by Gasteiger charge is 2.55. The summed E-state index contributed by atoms with van der Waals surface area (Å²) in [5, 5.41) is 4.78. The van der Waals surface area contributed by atoms with Crippen molar-refractivity contribution in [1.29, 1.82) is 0 Å². The van der Waals surface area contributed by atoms with Crippen LogP contribution in [0.15, 0.2) is 66.7 Å². The molecule has 2 unspecified atom stereocenters. The number of carbonyl (C=O) groups is 3. The summed E-state index contributed by atoms with van der Waals surface area (Å²) in [6.07, 6.45) is 0.0149. The highest BCUT2D eigenvalue weighted by molar-refractivity contribution is 6.08. The van der Waals surface area contributed by atoms with Crippen molar-refractivity contribution in [1.82, 2.24) is 15.5 Å². The Bertz CT molecular complexity index is 1430. The maximum atomic E-state index is 14.1. The predicted molar refractivity (Wildman–Crippen MR) is 138 cm³/mol. The van der Waals surface area contributed by atoms with Crippen LogP contribution in [0.1, 0.15) is 41.9 Å². The number of likely N-dealkylation sites (tertiary alicyclic amines) is 1.